The van der Waals surface area contributed by atoms with E-state index in [1.165, 1.54) is 0 Å². The average molecular weight is 302 g/mol. The normalized spacial score (nSPS) is 11.6. The Morgan fingerprint density at radius 3 is 2.88 bits per heavy atom. The molecule has 0 unspecified atom stereocenters. The van der Waals surface area contributed by atoms with Gasteiger partial charge in [0.2, 0.25) is 5.91 Å². The van der Waals surface area contributed by atoms with Crippen LogP contribution in [0, 0.1) is 17.2 Å². The molecule has 0 saturated heterocycles. The van der Waals surface area contributed by atoms with E-state index in [9.17, 15) is 4.79 Å². The lowest BCUT2D eigenvalue weighted by Gasteiger charge is -2.09. The number of amides is 1. The van der Waals surface area contributed by atoms with Crippen molar-refractivity contribution in [3.63, 3.8) is 0 Å². The highest BCUT2D eigenvalue weighted by Gasteiger charge is 2.11. The van der Waals surface area contributed by atoms with Gasteiger partial charge in [-0.25, -0.2) is 0 Å². The molecule has 0 spiro atoms. The van der Waals surface area contributed by atoms with Crippen molar-refractivity contribution < 1.29 is 4.79 Å². The van der Waals surface area contributed by atoms with Gasteiger partial charge in [-0.15, -0.1) is 0 Å². The molecule has 1 amide bonds. The zero-order valence-electron chi connectivity index (χ0n) is 8.63. The summed E-state index contributed by atoms with van der Waals surface area (Å²) in [5, 5.41) is 12.4. The van der Waals surface area contributed by atoms with Crippen molar-refractivity contribution in [2.75, 3.05) is 10.6 Å². The molecule has 0 radical (unpaired) electrons. The summed E-state index contributed by atoms with van der Waals surface area (Å²) < 4.78 is 0. The number of nitrogens with one attached hydrogen (secondary N) is 1. The van der Waals surface area contributed by atoms with Gasteiger partial charge in [0.1, 0.15) is 6.07 Å². The summed E-state index contributed by atoms with van der Waals surface area (Å²) in [5.74, 6) is -0.202. The Labute approximate surface area is 108 Å². The Kier molecular flexibility index (Phi) is 4.78. The molecule has 0 aliphatic heterocycles. The summed E-state index contributed by atoms with van der Waals surface area (Å²) in [5.41, 5.74) is 0.995. The van der Waals surface area contributed by atoms with E-state index in [1.54, 1.807) is 18.2 Å². The first-order valence-electron chi connectivity index (χ1n) is 4.65. The summed E-state index contributed by atoms with van der Waals surface area (Å²) in [6.07, 6.45) is 0. The maximum absolute atomic E-state index is 11.6. The number of anilines is 1. The van der Waals surface area contributed by atoms with Gasteiger partial charge < -0.3 is 5.32 Å². The highest BCUT2D eigenvalue weighted by molar-refractivity contribution is 9.09. The molecule has 0 saturated carbocycles. The number of nitriles is 1. The second-order valence-electron chi connectivity index (χ2n) is 3.35. The fourth-order valence-electron chi connectivity index (χ4n) is 1.02. The van der Waals surface area contributed by atoms with Gasteiger partial charge in [0, 0.05) is 16.9 Å². The molecule has 0 aliphatic carbocycles. The number of rotatable bonds is 3. The number of alkyl halides is 1. The van der Waals surface area contributed by atoms with Crippen LogP contribution in [0.2, 0.25) is 5.02 Å². The summed E-state index contributed by atoms with van der Waals surface area (Å²) in [6.45, 7) is 1.81. The van der Waals surface area contributed by atoms with Crippen LogP contribution in [0.3, 0.4) is 0 Å². The van der Waals surface area contributed by atoms with Crippen LogP contribution in [0.15, 0.2) is 18.2 Å². The Balaban J connectivity index is 2.80. The zero-order chi connectivity index (χ0) is 12.1. The molecule has 0 fully saturated rings. The van der Waals surface area contributed by atoms with E-state index in [0.29, 0.717) is 21.6 Å². The molecular weight excluding hydrogens is 291 g/mol. The minimum atomic E-state index is -0.116. The molecule has 0 bridgehead atoms. The summed E-state index contributed by atoms with van der Waals surface area (Å²) in [4.78, 5) is 11.6. The van der Waals surface area contributed by atoms with Crippen LogP contribution >= 0.6 is 27.5 Å². The molecule has 84 valence electrons. The van der Waals surface area contributed by atoms with Crippen LogP contribution in [-0.2, 0) is 4.79 Å². The van der Waals surface area contributed by atoms with Crippen molar-refractivity contribution in [1.29, 1.82) is 5.26 Å². The van der Waals surface area contributed by atoms with Crippen LogP contribution < -0.4 is 5.32 Å². The Bertz CT molecular complexity index is 442. The quantitative estimate of drug-likeness (QED) is 0.872. The van der Waals surface area contributed by atoms with E-state index in [4.69, 9.17) is 16.9 Å². The van der Waals surface area contributed by atoms with E-state index < -0.39 is 0 Å². The van der Waals surface area contributed by atoms with Crippen molar-refractivity contribution in [3.05, 3.63) is 28.8 Å². The first-order valence-corrected chi connectivity index (χ1v) is 6.15. The standard InChI is InChI=1S/C11H10BrClN2O/c1-7(5-12)11(16)15-9-3-2-8(6-14)10(13)4-9/h2-4,7H,5H2,1H3,(H,15,16)/t7-/m0/s1. The van der Waals surface area contributed by atoms with E-state index >= 15 is 0 Å². The van der Waals surface area contributed by atoms with Gasteiger partial charge in [0.15, 0.2) is 0 Å². The molecule has 0 heterocycles. The van der Waals surface area contributed by atoms with E-state index in [0.717, 1.165) is 0 Å². The highest BCUT2D eigenvalue weighted by Crippen LogP contribution is 2.20. The van der Waals surface area contributed by atoms with E-state index in [-0.39, 0.29) is 11.8 Å². The van der Waals surface area contributed by atoms with Crippen molar-refractivity contribution >= 4 is 39.1 Å². The lowest BCUT2D eigenvalue weighted by Crippen LogP contribution is -2.21. The van der Waals surface area contributed by atoms with Crippen molar-refractivity contribution in [1.82, 2.24) is 0 Å². The van der Waals surface area contributed by atoms with Gasteiger partial charge in [-0.2, -0.15) is 5.26 Å². The second-order valence-corrected chi connectivity index (χ2v) is 4.41. The number of carbonyl (C=O) groups is 1. The third-order valence-electron chi connectivity index (χ3n) is 2.04. The zero-order valence-corrected chi connectivity index (χ0v) is 11.0. The Morgan fingerprint density at radius 2 is 2.38 bits per heavy atom. The first-order chi connectivity index (χ1) is 7.58. The molecule has 1 rings (SSSR count). The third-order valence-corrected chi connectivity index (χ3v) is 3.32. The molecular formula is C11H10BrClN2O. The molecule has 1 aromatic rings. The van der Waals surface area contributed by atoms with E-state index in [1.807, 2.05) is 13.0 Å². The molecule has 1 N–H and O–H groups in total. The molecule has 0 aromatic heterocycles. The number of halogens is 2. The van der Waals surface area contributed by atoms with Crippen LogP contribution in [0.1, 0.15) is 12.5 Å². The van der Waals surface area contributed by atoms with Crippen molar-refractivity contribution in [3.8, 4) is 6.07 Å². The summed E-state index contributed by atoms with van der Waals surface area (Å²) in [7, 11) is 0. The predicted octanol–water partition coefficient (Wildman–Crippen LogP) is 3.18. The van der Waals surface area contributed by atoms with Crippen LogP contribution in [0.25, 0.3) is 0 Å². The topological polar surface area (TPSA) is 52.9 Å². The van der Waals surface area contributed by atoms with Gasteiger partial charge >= 0.3 is 0 Å². The smallest absolute Gasteiger partial charge is 0.228 e. The molecule has 16 heavy (non-hydrogen) atoms. The monoisotopic (exact) mass is 300 g/mol. The number of hydrogen-bond acceptors (Lipinski definition) is 2. The fourth-order valence-corrected chi connectivity index (χ4v) is 1.54. The lowest BCUT2D eigenvalue weighted by atomic mass is 10.2. The molecule has 1 aromatic carbocycles. The van der Waals surface area contributed by atoms with Gasteiger partial charge in [-0.3, -0.25) is 4.79 Å². The SMILES string of the molecule is C[C@@H](CBr)C(=O)Nc1ccc(C#N)c(Cl)c1. The van der Waals surface area contributed by atoms with Crippen molar-refractivity contribution in [2.45, 2.75) is 6.92 Å². The molecule has 1 atom stereocenters. The number of nitrogens with zero attached hydrogens (tertiary/aromatic N) is 1. The molecule has 3 nitrogen and oxygen atoms in total. The molecule has 5 heteroatoms. The van der Waals surface area contributed by atoms with Gasteiger partial charge in [-0.1, -0.05) is 34.5 Å². The van der Waals surface area contributed by atoms with Gasteiger partial charge in [-0.05, 0) is 18.2 Å². The predicted molar refractivity (Wildman–Crippen MR) is 67.8 cm³/mol. The Hall–Kier alpha value is -1.05. The highest BCUT2D eigenvalue weighted by atomic mass is 79.9. The van der Waals surface area contributed by atoms with E-state index in [2.05, 4.69) is 21.2 Å². The Morgan fingerprint density at radius 1 is 1.69 bits per heavy atom. The van der Waals surface area contributed by atoms with Gasteiger partial charge in [0.05, 0.1) is 10.6 Å². The second kappa shape index (κ2) is 5.88. The first kappa shape index (κ1) is 13.0. The maximum Gasteiger partial charge on any atom is 0.228 e. The van der Waals surface area contributed by atoms with Crippen LogP contribution in [0.4, 0.5) is 5.69 Å². The average Bonchev–Trinajstić information content (AvgIpc) is 2.28. The number of hydrogen-bond donors (Lipinski definition) is 1. The minimum absolute atomic E-state index is 0.0855. The van der Waals surface area contributed by atoms with Crippen LogP contribution in [-0.4, -0.2) is 11.2 Å². The largest absolute Gasteiger partial charge is 0.326 e. The third kappa shape index (κ3) is 3.22. The minimum Gasteiger partial charge on any atom is -0.326 e. The molecule has 0 aliphatic rings. The number of benzene rings is 1. The summed E-state index contributed by atoms with van der Waals surface area (Å²) in [6, 6.07) is 6.76. The maximum atomic E-state index is 11.6. The summed E-state index contributed by atoms with van der Waals surface area (Å²) >= 11 is 9.08. The number of carbonyl (C=O) groups excluding carboxylic acids is 1. The van der Waals surface area contributed by atoms with Crippen LogP contribution in [0.5, 0.6) is 0 Å². The lowest BCUT2D eigenvalue weighted by molar-refractivity contribution is -0.118. The fraction of sp³-hybridized carbons (Fsp3) is 0.273. The van der Waals surface area contributed by atoms with Gasteiger partial charge in [0.25, 0.3) is 0 Å². The van der Waals surface area contributed by atoms with Crippen molar-refractivity contribution in [2.24, 2.45) is 5.92 Å².